The van der Waals surface area contributed by atoms with E-state index < -0.39 is 8.03 Å². The minimum atomic E-state index is -2.18. The van der Waals surface area contributed by atoms with Crippen molar-refractivity contribution in [1.29, 1.82) is 0 Å². The Kier molecular flexibility index (Phi) is 22.3. The van der Waals surface area contributed by atoms with Crippen LogP contribution < -0.4 is 56.3 Å². The summed E-state index contributed by atoms with van der Waals surface area (Å²) in [6.07, 6.45) is 12.0. The van der Waals surface area contributed by atoms with Gasteiger partial charge in [0.25, 0.3) is 0 Å². The number of rotatable bonds is 14. The minimum absolute atomic E-state index is 0. The maximum absolute atomic E-state index is 11.1. The van der Waals surface area contributed by atoms with Gasteiger partial charge in [-0.05, 0) is 26.2 Å². The number of carbonyl (C=O) groups excluding carboxylic acids is 1. The summed E-state index contributed by atoms with van der Waals surface area (Å²) < 4.78 is 15.2. The maximum atomic E-state index is 11.1. The Morgan fingerprint density at radius 3 is 1.76 bits per heavy atom. The number of carbonyl (C=O) groups is 1. The third-order valence-corrected chi connectivity index (χ3v) is 3.96. The van der Waals surface area contributed by atoms with E-state index in [1.165, 1.54) is 32.1 Å². The molecule has 0 saturated heterocycles. The Labute approximate surface area is 173 Å². The van der Waals surface area contributed by atoms with Crippen molar-refractivity contribution in [1.82, 2.24) is 0 Å². The predicted molar refractivity (Wildman–Crippen MR) is 79.9 cm³/mol. The summed E-state index contributed by atoms with van der Waals surface area (Å²) in [6.45, 7) is 2.31. The largest absolute Gasteiger partial charge is 1.00 e. The molecular weight excluding hydrogens is 314 g/mol. The third kappa shape index (κ3) is 21.2. The molecule has 0 aromatic rings. The van der Waals surface area contributed by atoms with E-state index in [2.05, 4.69) is 0 Å². The summed E-state index contributed by atoms with van der Waals surface area (Å²) in [7, 11) is -2.18. The van der Waals surface area contributed by atoms with E-state index in [-0.39, 0.29) is 57.4 Å². The molecule has 0 aliphatic carbocycles. The SMILES string of the molecule is CCOC(=O)CCCCCCCCCCCC[P+](=O)[O-].[K+]. The molecule has 21 heavy (non-hydrogen) atoms. The molecule has 0 rings (SSSR count). The van der Waals surface area contributed by atoms with Gasteiger partial charge in [0.15, 0.2) is 0 Å². The molecule has 0 N–H and O–H groups in total. The van der Waals surface area contributed by atoms with Gasteiger partial charge in [-0.25, -0.2) is 0 Å². The summed E-state index contributed by atoms with van der Waals surface area (Å²) in [5.41, 5.74) is 0. The fourth-order valence-corrected chi connectivity index (χ4v) is 2.64. The number of esters is 1. The first-order valence-electron chi connectivity index (χ1n) is 7.94. The van der Waals surface area contributed by atoms with Crippen molar-refractivity contribution in [3.05, 3.63) is 0 Å². The zero-order valence-electron chi connectivity index (χ0n) is 13.8. The van der Waals surface area contributed by atoms with Crippen molar-refractivity contribution >= 4 is 14.0 Å². The Balaban J connectivity index is 0. The second-order valence-electron chi connectivity index (χ2n) is 5.15. The summed E-state index contributed by atoms with van der Waals surface area (Å²) >= 11 is 0. The Hall–Kier alpha value is 1.17. The molecule has 0 heterocycles. The van der Waals surface area contributed by atoms with Crippen LogP contribution in [0.15, 0.2) is 0 Å². The smallest absolute Gasteiger partial charge is 0.596 e. The van der Waals surface area contributed by atoms with Crippen molar-refractivity contribution < 1.29 is 70.4 Å². The van der Waals surface area contributed by atoms with Crippen LogP contribution in [0.1, 0.15) is 77.6 Å². The summed E-state index contributed by atoms with van der Waals surface area (Å²) in [5.74, 6) is -0.0765. The first kappa shape index (κ1) is 24.4. The van der Waals surface area contributed by atoms with Gasteiger partial charge in [-0.1, -0.05) is 49.5 Å². The Morgan fingerprint density at radius 2 is 1.33 bits per heavy atom. The molecule has 0 aliphatic heterocycles. The van der Waals surface area contributed by atoms with E-state index in [0.29, 0.717) is 19.2 Å². The van der Waals surface area contributed by atoms with Crippen molar-refractivity contribution in [2.45, 2.75) is 77.6 Å². The molecule has 0 aromatic carbocycles. The van der Waals surface area contributed by atoms with Gasteiger partial charge < -0.3 is 9.63 Å². The Bertz CT molecular complexity index is 262. The molecule has 1 atom stereocenters. The Morgan fingerprint density at radius 1 is 0.905 bits per heavy atom. The van der Waals surface area contributed by atoms with Gasteiger partial charge in [-0.15, -0.1) is 0 Å². The van der Waals surface area contributed by atoms with Crippen LogP contribution >= 0.6 is 8.03 Å². The molecule has 6 heteroatoms. The zero-order valence-corrected chi connectivity index (χ0v) is 17.8. The molecule has 118 valence electrons. The van der Waals surface area contributed by atoms with Gasteiger partial charge in [-0.2, -0.15) is 0 Å². The molecule has 0 aromatic heterocycles. The van der Waals surface area contributed by atoms with Gasteiger partial charge in [-0.3, -0.25) is 4.79 Å². The van der Waals surface area contributed by atoms with Crippen LogP contribution in [-0.2, 0) is 14.1 Å². The number of hydrogen-bond donors (Lipinski definition) is 0. The maximum Gasteiger partial charge on any atom is 1.00 e. The molecule has 0 bridgehead atoms. The van der Waals surface area contributed by atoms with Gasteiger partial charge in [0, 0.05) is 6.42 Å². The number of ether oxygens (including phenoxy) is 1. The van der Waals surface area contributed by atoms with E-state index in [1.54, 1.807) is 0 Å². The van der Waals surface area contributed by atoms with E-state index in [1.807, 2.05) is 6.92 Å². The zero-order chi connectivity index (χ0) is 15.1. The molecule has 0 saturated carbocycles. The van der Waals surface area contributed by atoms with E-state index >= 15 is 0 Å². The number of hydrogen-bond acceptors (Lipinski definition) is 4. The van der Waals surface area contributed by atoms with E-state index in [0.717, 1.165) is 32.1 Å². The molecule has 1 unspecified atom stereocenters. The van der Waals surface area contributed by atoms with Crippen molar-refractivity contribution in [3.8, 4) is 0 Å². The monoisotopic (exact) mass is 343 g/mol. The molecule has 0 aliphatic rings. The summed E-state index contributed by atoms with van der Waals surface area (Å²) in [5, 5.41) is 0. The average molecular weight is 343 g/mol. The predicted octanol–water partition coefficient (Wildman–Crippen LogP) is 0.947. The fraction of sp³-hybridized carbons (Fsp3) is 0.933. The van der Waals surface area contributed by atoms with Crippen LogP contribution in [0.3, 0.4) is 0 Å². The van der Waals surface area contributed by atoms with Crippen molar-refractivity contribution in [2.24, 2.45) is 0 Å². The van der Waals surface area contributed by atoms with Gasteiger partial charge in [0.1, 0.15) is 6.16 Å². The first-order valence-corrected chi connectivity index (χ1v) is 9.30. The van der Waals surface area contributed by atoms with Crippen LogP contribution in [0.4, 0.5) is 0 Å². The van der Waals surface area contributed by atoms with Crippen LogP contribution in [0.5, 0.6) is 0 Å². The van der Waals surface area contributed by atoms with Crippen LogP contribution in [0.25, 0.3) is 0 Å². The van der Waals surface area contributed by atoms with Crippen LogP contribution in [0.2, 0.25) is 0 Å². The third-order valence-electron chi connectivity index (χ3n) is 3.28. The van der Waals surface area contributed by atoms with Gasteiger partial charge in [0.2, 0.25) is 0 Å². The summed E-state index contributed by atoms with van der Waals surface area (Å²) in [4.78, 5) is 21.4. The fourth-order valence-electron chi connectivity index (χ4n) is 2.16. The first-order chi connectivity index (χ1) is 9.66. The second-order valence-corrected chi connectivity index (χ2v) is 6.26. The van der Waals surface area contributed by atoms with Crippen molar-refractivity contribution in [3.63, 3.8) is 0 Å². The number of unbranched alkanes of at least 4 members (excludes halogenated alkanes) is 9. The standard InChI is InChI=1S/C15H29O4P.K/c1-2-19-15(16)13-11-9-7-5-3-4-6-8-10-12-14-20(17)18;/h2-14H2,1H3;/q;+1. The van der Waals surface area contributed by atoms with Gasteiger partial charge in [0.05, 0.1) is 6.61 Å². The second kappa shape index (κ2) is 19.2. The van der Waals surface area contributed by atoms with Gasteiger partial charge >= 0.3 is 65.4 Å². The normalized spacial score (nSPS) is 10.9. The minimum Gasteiger partial charge on any atom is -0.596 e. The molecule has 0 spiro atoms. The summed E-state index contributed by atoms with van der Waals surface area (Å²) in [6, 6.07) is 0. The van der Waals surface area contributed by atoms with Crippen LogP contribution in [0, 0.1) is 0 Å². The molecule has 4 nitrogen and oxygen atoms in total. The van der Waals surface area contributed by atoms with E-state index in [9.17, 15) is 14.3 Å². The molecule has 0 fully saturated rings. The average Bonchev–Trinajstić information content (AvgIpc) is 2.40. The van der Waals surface area contributed by atoms with E-state index in [4.69, 9.17) is 4.74 Å². The van der Waals surface area contributed by atoms with Crippen LogP contribution in [-0.4, -0.2) is 18.7 Å². The molecule has 0 radical (unpaired) electrons. The topological polar surface area (TPSA) is 66.4 Å². The molecular formula is C15H29KO4P+. The molecule has 0 amide bonds. The van der Waals surface area contributed by atoms with Crippen molar-refractivity contribution in [2.75, 3.05) is 12.8 Å². The quantitative estimate of drug-likeness (QED) is 0.204.